The summed E-state index contributed by atoms with van der Waals surface area (Å²) in [5.74, 6) is -0.622. The average molecular weight is 209 g/mol. The van der Waals surface area contributed by atoms with Crippen LogP contribution in [0.3, 0.4) is 0 Å². The highest BCUT2D eigenvalue weighted by Gasteiger charge is 2.40. The number of carbonyl (C=O) groups excluding carboxylic acids is 1. The Morgan fingerprint density at radius 2 is 2.33 bits per heavy atom. The first-order valence-electron chi connectivity index (χ1n) is 4.70. The molecular weight excluding hydrogens is 197 g/mol. The van der Waals surface area contributed by atoms with Crippen molar-refractivity contribution in [2.24, 2.45) is 0 Å². The van der Waals surface area contributed by atoms with Crippen LogP contribution in [0.2, 0.25) is 0 Å². The van der Waals surface area contributed by atoms with Gasteiger partial charge in [0, 0.05) is 12.1 Å². The molecule has 0 saturated carbocycles. The zero-order valence-electron chi connectivity index (χ0n) is 8.63. The molecule has 0 bridgehead atoms. The number of rotatable bonds is 1. The topological polar surface area (TPSA) is 38.3 Å². The van der Waals surface area contributed by atoms with E-state index in [0.717, 1.165) is 11.3 Å². The Morgan fingerprint density at radius 3 is 3.00 bits per heavy atom. The van der Waals surface area contributed by atoms with Gasteiger partial charge in [0.2, 0.25) is 0 Å². The van der Waals surface area contributed by atoms with Crippen LogP contribution in [0.4, 0.5) is 10.1 Å². The molecule has 0 radical (unpaired) electrons. The molecule has 1 N–H and O–H groups in total. The Kier molecular flexibility index (Phi) is 2.14. The summed E-state index contributed by atoms with van der Waals surface area (Å²) in [6, 6.07) is 4.45. The van der Waals surface area contributed by atoms with Gasteiger partial charge < -0.3 is 10.1 Å². The average Bonchev–Trinajstić information content (AvgIpc) is 2.53. The second-order valence-electron chi connectivity index (χ2n) is 3.93. The SMILES string of the molecule is COC(=O)C1(C)Cc2cc(F)ccc2N1. The van der Waals surface area contributed by atoms with E-state index in [4.69, 9.17) is 4.74 Å². The number of hydrogen-bond acceptors (Lipinski definition) is 3. The molecule has 0 amide bonds. The van der Waals surface area contributed by atoms with Crippen LogP contribution in [-0.2, 0) is 16.0 Å². The Bertz CT molecular complexity index is 419. The lowest BCUT2D eigenvalue weighted by Gasteiger charge is -2.21. The van der Waals surface area contributed by atoms with E-state index in [1.54, 1.807) is 13.0 Å². The molecule has 0 spiro atoms. The first-order valence-corrected chi connectivity index (χ1v) is 4.70. The number of nitrogens with one attached hydrogen (secondary N) is 1. The Labute approximate surface area is 87.2 Å². The largest absolute Gasteiger partial charge is 0.467 e. The molecule has 80 valence electrons. The van der Waals surface area contributed by atoms with E-state index in [-0.39, 0.29) is 11.8 Å². The second kappa shape index (κ2) is 3.22. The fourth-order valence-electron chi connectivity index (χ4n) is 1.90. The molecule has 1 aromatic carbocycles. The predicted octanol–water partition coefficient (Wildman–Crippen LogP) is 1.73. The monoisotopic (exact) mass is 209 g/mol. The van der Waals surface area contributed by atoms with E-state index in [1.165, 1.54) is 19.2 Å². The highest BCUT2D eigenvalue weighted by Crippen LogP contribution is 2.33. The summed E-state index contributed by atoms with van der Waals surface area (Å²) in [5.41, 5.74) is 0.831. The number of ether oxygens (including phenoxy) is 1. The van der Waals surface area contributed by atoms with Crippen LogP contribution in [0.5, 0.6) is 0 Å². The number of anilines is 1. The zero-order valence-corrected chi connectivity index (χ0v) is 8.63. The van der Waals surface area contributed by atoms with Gasteiger partial charge in [0.05, 0.1) is 7.11 Å². The predicted molar refractivity (Wildman–Crippen MR) is 54.1 cm³/mol. The first kappa shape index (κ1) is 9.96. The van der Waals surface area contributed by atoms with E-state index in [1.807, 2.05) is 0 Å². The smallest absolute Gasteiger partial charge is 0.331 e. The molecular formula is C11H12FNO2. The summed E-state index contributed by atoms with van der Waals surface area (Å²) >= 11 is 0. The number of methoxy groups -OCH3 is 1. The fourth-order valence-corrected chi connectivity index (χ4v) is 1.90. The Hall–Kier alpha value is -1.58. The number of carbonyl (C=O) groups is 1. The van der Waals surface area contributed by atoms with Crippen LogP contribution in [0, 0.1) is 5.82 Å². The Morgan fingerprint density at radius 1 is 1.60 bits per heavy atom. The molecule has 1 heterocycles. The van der Waals surface area contributed by atoms with Crippen molar-refractivity contribution in [3.8, 4) is 0 Å². The second-order valence-corrected chi connectivity index (χ2v) is 3.93. The van der Waals surface area contributed by atoms with Crippen molar-refractivity contribution in [2.75, 3.05) is 12.4 Å². The van der Waals surface area contributed by atoms with Gasteiger partial charge in [-0.3, -0.25) is 0 Å². The van der Waals surface area contributed by atoms with E-state index in [9.17, 15) is 9.18 Å². The number of halogens is 1. The third-order valence-corrected chi connectivity index (χ3v) is 2.66. The minimum Gasteiger partial charge on any atom is -0.467 e. The molecule has 3 nitrogen and oxygen atoms in total. The van der Waals surface area contributed by atoms with Crippen LogP contribution in [0.15, 0.2) is 18.2 Å². The van der Waals surface area contributed by atoms with Crippen molar-refractivity contribution in [3.63, 3.8) is 0 Å². The summed E-state index contributed by atoms with van der Waals surface area (Å²) in [6.07, 6.45) is 0.451. The summed E-state index contributed by atoms with van der Waals surface area (Å²) < 4.78 is 17.7. The van der Waals surface area contributed by atoms with E-state index in [0.29, 0.717) is 6.42 Å². The van der Waals surface area contributed by atoms with Crippen molar-refractivity contribution in [1.29, 1.82) is 0 Å². The molecule has 0 aromatic heterocycles. The van der Waals surface area contributed by atoms with Gasteiger partial charge >= 0.3 is 5.97 Å². The van der Waals surface area contributed by atoms with Crippen molar-refractivity contribution >= 4 is 11.7 Å². The molecule has 1 unspecified atom stereocenters. The third-order valence-electron chi connectivity index (χ3n) is 2.66. The van der Waals surface area contributed by atoms with E-state index < -0.39 is 5.54 Å². The van der Waals surface area contributed by atoms with Gasteiger partial charge in [0.15, 0.2) is 0 Å². The molecule has 0 saturated heterocycles. The minimum absolute atomic E-state index is 0.287. The van der Waals surface area contributed by atoms with Crippen molar-refractivity contribution in [3.05, 3.63) is 29.6 Å². The number of fused-ring (bicyclic) bond motifs is 1. The molecule has 1 aliphatic heterocycles. The van der Waals surface area contributed by atoms with Gasteiger partial charge in [-0.15, -0.1) is 0 Å². The maximum atomic E-state index is 13.0. The molecule has 0 fully saturated rings. The van der Waals surface area contributed by atoms with Gasteiger partial charge in [-0.05, 0) is 30.7 Å². The quantitative estimate of drug-likeness (QED) is 0.716. The molecule has 1 aromatic rings. The van der Waals surface area contributed by atoms with Crippen LogP contribution < -0.4 is 5.32 Å². The molecule has 2 rings (SSSR count). The highest BCUT2D eigenvalue weighted by molar-refractivity contribution is 5.87. The highest BCUT2D eigenvalue weighted by atomic mass is 19.1. The van der Waals surface area contributed by atoms with E-state index in [2.05, 4.69) is 5.32 Å². The summed E-state index contributed by atoms with van der Waals surface area (Å²) in [6.45, 7) is 1.75. The van der Waals surface area contributed by atoms with Gasteiger partial charge in [-0.2, -0.15) is 0 Å². The van der Waals surface area contributed by atoms with E-state index >= 15 is 0 Å². The maximum Gasteiger partial charge on any atom is 0.331 e. The maximum absolute atomic E-state index is 13.0. The van der Waals surface area contributed by atoms with Crippen LogP contribution in [0.1, 0.15) is 12.5 Å². The zero-order chi connectivity index (χ0) is 11.1. The van der Waals surface area contributed by atoms with Crippen LogP contribution in [0.25, 0.3) is 0 Å². The first-order chi connectivity index (χ1) is 7.05. The lowest BCUT2D eigenvalue weighted by molar-refractivity contribution is -0.145. The molecule has 1 aliphatic rings. The standard InChI is InChI=1S/C11H12FNO2/c1-11(10(14)15-2)6-7-5-8(12)3-4-9(7)13-11/h3-5,13H,6H2,1-2H3. The van der Waals surface area contributed by atoms with Crippen molar-refractivity contribution in [1.82, 2.24) is 0 Å². The van der Waals surface area contributed by atoms with Gasteiger partial charge in [0.25, 0.3) is 0 Å². The number of esters is 1. The molecule has 4 heteroatoms. The Balaban J connectivity index is 2.32. The summed E-state index contributed by atoms with van der Waals surface area (Å²) in [4.78, 5) is 11.5. The van der Waals surface area contributed by atoms with Gasteiger partial charge in [-0.25, -0.2) is 9.18 Å². The van der Waals surface area contributed by atoms with Gasteiger partial charge in [0.1, 0.15) is 11.4 Å². The minimum atomic E-state index is -0.773. The lowest BCUT2D eigenvalue weighted by Crippen LogP contribution is -2.42. The summed E-state index contributed by atoms with van der Waals surface area (Å²) in [5, 5.41) is 3.05. The third kappa shape index (κ3) is 1.56. The molecule has 1 atom stereocenters. The molecule has 15 heavy (non-hydrogen) atoms. The number of benzene rings is 1. The van der Waals surface area contributed by atoms with Crippen molar-refractivity contribution in [2.45, 2.75) is 18.9 Å². The molecule has 0 aliphatic carbocycles. The van der Waals surface area contributed by atoms with Gasteiger partial charge in [-0.1, -0.05) is 0 Å². The fraction of sp³-hybridized carbons (Fsp3) is 0.364. The van der Waals surface area contributed by atoms with Crippen LogP contribution >= 0.6 is 0 Å². The normalized spacial score (nSPS) is 23.1. The number of hydrogen-bond donors (Lipinski definition) is 1. The van der Waals surface area contributed by atoms with Crippen molar-refractivity contribution < 1.29 is 13.9 Å². The van der Waals surface area contributed by atoms with Crippen LogP contribution in [-0.4, -0.2) is 18.6 Å². The lowest BCUT2D eigenvalue weighted by atomic mass is 9.98. The summed E-state index contributed by atoms with van der Waals surface area (Å²) in [7, 11) is 1.35.